The summed E-state index contributed by atoms with van der Waals surface area (Å²) in [6, 6.07) is 13.7. The Kier molecular flexibility index (Phi) is 9.09. The van der Waals surface area contributed by atoms with E-state index in [9.17, 15) is 4.79 Å². The largest absolute Gasteiger partial charge is 0.388 e. The van der Waals surface area contributed by atoms with E-state index in [1.54, 1.807) is 12.1 Å². The second-order valence-corrected chi connectivity index (χ2v) is 8.14. The third-order valence-corrected chi connectivity index (χ3v) is 6.13. The number of halogens is 3. The fraction of sp³-hybridized carbons (Fsp3) is 0.409. The van der Waals surface area contributed by atoms with Crippen molar-refractivity contribution >= 4 is 47.2 Å². The number of amides is 1. The predicted molar refractivity (Wildman–Crippen MR) is 125 cm³/mol. The van der Waals surface area contributed by atoms with Crippen LogP contribution in [-0.4, -0.2) is 49.4 Å². The number of nitrogens with zero attached hydrogens (tertiary/aromatic N) is 2. The van der Waals surface area contributed by atoms with Gasteiger partial charge in [0.25, 0.3) is 0 Å². The van der Waals surface area contributed by atoms with Gasteiger partial charge in [-0.05, 0) is 61.3 Å². The van der Waals surface area contributed by atoms with Gasteiger partial charge in [-0.1, -0.05) is 41.4 Å². The van der Waals surface area contributed by atoms with Crippen molar-refractivity contribution in [3.8, 4) is 0 Å². The molecule has 2 aromatic rings. The van der Waals surface area contributed by atoms with Gasteiger partial charge in [0.1, 0.15) is 0 Å². The molecule has 158 valence electrons. The van der Waals surface area contributed by atoms with Crippen molar-refractivity contribution in [2.45, 2.75) is 25.3 Å². The number of likely N-dealkylation sites (tertiary alicyclic amines) is 1. The third kappa shape index (κ3) is 6.26. The molecule has 0 radical (unpaired) electrons. The molecule has 3 rings (SSSR count). The van der Waals surface area contributed by atoms with E-state index in [2.05, 4.69) is 22.3 Å². The maximum absolute atomic E-state index is 13.1. The lowest BCUT2D eigenvalue weighted by molar-refractivity contribution is -0.131. The fourth-order valence-electron chi connectivity index (χ4n) is 3.69. The average Bonchev–Trinajstić information content (AvgIpc) is 3.21. The Morgan fingerprint density at radius 1 is 1.14 bits per heavy atom. The van der Waals surface area contributed by atoms with E-state index in [1.165, 1.54) is 12.8 Å². The van der Waals surface area contributed by atoms with Gasteiger partial charge in [0.2, 0.25) is 5.91 Å². The van der Waals surface area contributed by atoms with E-state index in [0.717, 1.165) is 36.4 Å². The smallest absolute Gasteiger partial charge is 0.227 e. The van der Waals surface area contributed by atoms with E-state index in [0.29, 0.717) is 16.5 Å². The molecule has 4 nitrogen and oxygen atoms in total. The summed E-state index contributed by atoms with van der Waals surface area (Å²) in [5.74, 6) is 0.0671. The van der Waals surface area contributed by atoms with Crippen LogP contribution in [0.1, 0.15) is 30.0 Å². The SMILES string of the molecule is CNc1cccc(C(CN2CCCC2)N(C)C(=O)Cc2ccc(Cl)c(Cl)c2)c1.Cl. The number of carbonyl (C=O) groups is 1. The molecule has 2 aromatic carbocycles. The van der Waals surface area contributed by atoms with Crippen LogP contribution in [0.4, 0.5) is 5.69 Å². The highest BCUT2D eigenvalue weighted by Crippen LogP contribution is 2.27. The van der Waals surface area contributed by atoms with Crippen LogP contribution in [0.15, 0.2) is 42.5 Å². The second-order valence-electron chi connectivity index (χ2n) is 7.33. The van der Waals surface area contributed by atoms with Crippen LogP contribution in [0, 0.1) is 0 Å². The Morgan fingerprint density at radius 3 is 2.52 bits per heavy atom. The fourth-order valence-corrected chi connectivity index (χ4v) is 4.01. The minimum Gasteiger partial charge on any atom is -0.388 e. The first kappa shape index (κ1) is 23.8. The normalized spacial score (nSPS) is 14.9. The Balaban J connectivity index is 0.00000300. The van der Waals surface area contributed by atoms with Crippen LogP contribution in [-0.2, 0) is 11.2 Å². The summed E-state index contributed by atoms with van der Waals surface area (Å²) in [5, 5.41) is 4.17. The summed E-state index contributed by atoms with van der Waals surface area (Å²) >= 11 is 12.1. The average molecular weight is 457 g/mol. The number of rotatable bonds is 7. The van der Waals surface area contributed by atoms with Crippen LogP contribution < -0.4 is 5.32 Å². The molecule has 0 spiro atoms. The summed E-state index contributed by atoms with van der Waals surface area (Å²) in [5.41, 5.74) is 3.06. The minimum atomic E-state index is 0. The quantitative estimate of drug-likeness (QED) is 0.614. The first-order chi connectivity index (χ1) is 13.5. The number of nitrogens with one attached hydrogen (secondary N) is 1. The lowest BCUT2D eigenvalue weighted by Gasteiger charge is -2.32. The zero-order valence-electron chi connectivity index (χ0n) is 16.8. The van der Waals surface area contributed by atoms with Gasteiger partial charge in [-0.25, -0.2) is 0 Å². The van der Waals surface area contributed by atoms with Crippen molar-refractivity contribution in [3.05, 3.63) is 63.6 Å². The number of anilines is 1. The Morgan fingerprint density at radius 2 is 1.86 bits per heavy atom. The molecule has 1 atom stereocenters. The Bertz CT molecular complexity index is 825. The highest BCUT2D eigenvalue weighted by Gasteiger charge is 2.26. The van der Waals surface area contributed by atoms with Gasteiger partial charge in [-0.2, -0.15) is 0 Å². The first-order valence-electron chi connectivity index (χ1n) is 9.67. The maximum atomic E-state index is 13.1. The lowest BCUT2D eigenvalue weighted by atomic mass is 10.0. The molecule has 1 aliphatic rings. The van der Waals surface area contributed by atoms with Crippen molar-refractivity contribution < 1.29 is 4.79 Å². The molecule has 1 N–H and O–H groups in total. The molecular weight excluding hydrogens is 429 g/mol. The van der Waals surface area contributed by atoms with Gasteiger partial charge in [0.05, 0.1) is 22.5 Å². The number of hydrogen-bond donors (Lipinski definition) is 1. The molecule has 1 saturated heterocycles. The Labute approximate surface area is 189 Å². The van der Waals surface area contributed by atoms with Crippen LogP contribution in [0.2, 0.25) is 10.0 Å². The zero-order chi connectivity index (χ0) is 20.1. The lowest BCUT2D eigenvalue weighted by Crippen LogP contribution is -2.39. The van der Waals surface area contributed by atoms with Gasteiger partial charge in [-0.3, -0.25) is 4.79 Å². The van der Waals surface area contributed by atoms with E-state index >= 15 is 0 Å². The van der Waals surface area contributed by atoms with Crippen LogP contribution in [0.3, 0.4) is 0 Å². The molecule has 1 fully saturated rings. The van der Waals surface area contributed by atoms with Crippen LogP contribution in [0.25, 0.3) is 0 Å². The summed E-state index contributed by atoms with van der Waals surface area (Å²) in [4.78, 5) is 17.4. The van der Waals surface area contributed by atoms with Crippen molar-refractivity contribution in [2.24, 2.45) is 0 Å². The monoisotopic (exact) mass is 455 g/mol. The molecular formula is C22H28Cl3N3O. The van der Waals surface area contributed by atoms with Gasteiger partial charge < -0.3 is 15.1 Å². The Hall–Kier alpha value is -1.46. The van der Waals surface area contributed by atoms with Crippen molar-refractivity contribution in [2.75, 3.05) is 39.0 Å². The summed E-state index contributed by atoms with van der Waals surface area (Å²) in [6.45, 7) is 3.03. The number of likely N-dealkylation sites (N-methyl/N-ethyl adjacent to an activating group) is 1. The first-order valence-corrected chi connectivity index (χ1v) is 10.4. The highest BCUT2D eigenvalue weighted by atomic mass is 35.5. The van der Waals surface area contributed by atoms with E-state index in [1.807, 2.05) is 37.2 Å². The second kappa shape index (κ2) is 11.1. The van der Waals surface area contributed by atoms with Gasteiger partial charge in [0, 0.05) is 26.3 Å². The molecule has 1 aliphatic heterocycles. The maximum Gasteiger partial charge on any atom is 0.227 e. The predicted octanol–water partition coefficient (Wildman–Crippen LogP) is 5.29. The number of hydrogen-bond acceptors (Lipinski definition) is 3. The van der Waals surface area contributed by atoms with Crippen LogP contribution in [0.5, 0.6) is 0 Å². The van der Waals surface area contributed by atoms with E-state index < -0.39 is 0 Å². The number of benzene rings is 2. The molecule has 0 saturated carbocycles. The molecule has 29 heavy (non-hydrogen) atoms. The zero-order valence-corrected chi connectivity index (χ0v) is 19.2. The van der Waals surface area contributed by atoms with Crippen LogP contribution >= 0.6 is 35.6 Å². The molecule has 0 aliphatic carbocycles. The molecule has 1 amide bonds. The van der Waals surface area contributed by atoms with E-state index in [4.69, 9.17) is 23.2 Å². The highest BCUT2D eigenvalue weighted by molar-refractivity contribution is 6.42. The summed E-state index contributed by atoms with van der Waals surface area (Å²) in [7, 11) is 3.81. The molecule has 1 heterocycles. The van der Waals surface area contributed by atoms with Gasteiger partial charge in [-0.15, -0.1) is 12.4 Å². The van der Waals surface area contributed by atoms with Gasteiger partial charge in [0.15, 0.2) is 0 Å². The molecule has 0 bridgehead atoms. The van der Waals surface area contributed by atoms with Gasteiger partial charge >= 0.3 is 0 Å². The number of carbonyl (C=O) groups excluding carboxylic acids is 1. The standard InChI is InChI=1S/C22H27Cl2N3O.ClH/c1-25-18-7-5-6-17(14-18)21(15-27-10-3-4-11-27)26(2)22(28)13-16-8-9-19(23)20(24)12-16;/h5-9,12,14,21,25H,3-4,10-11,13,15H2,1-2H3;1H. The van der Waals surface area contributed by atoms with E-state index in [-0.39, 0.29) is 24.4 Å². The minimum absolute atomic E-state index is 0. The molecule has 1 unspecified atom stereocenters. The van der Waals surface area contributed by atoms with Crippen molar-refractivity contribution in [1.29, 1.82) is 0 Å². The van der Waals surface area contributed by atoms with Crippen molar-refractivity contribution in [1.82, 2.24) is 9.80 Å². The van der Waals surface area contributed by atoms with Crippen molar-refractivity contribution in [3.63, 3.8) is 0 Å². The molecule has 7 heteroatoms. The topological polar surface area (TPSA) is 35.6 Å². The summed E-state index contributed by atoms with van der Waals surface area (Å²) in [6.07, 6.45) is 2.75. The summed E-state index contributed by atoms with van der Waals surface area (Å²) < 4.78 is 0. The third-order valence-electron chi connectivity index (χ3n) is 5.39. The molecule has 0 aromatic heterocycles.